The van der Waals surface area contributed by atoms with Crippen LogP contribution < -0.4 is 5.32 Å². The first-order chi connectivity index (χ1) is 7.81. The lowest BCUT2D eigenvalue weighted by atomic mass is 9.79. The molecule has 2 nitrogen and oxygen atoms in total. The fourth-order valence-corrected chi connectivity index (χ4v) is 2.47. The molecule has 0 spiro atoms. The number of hydrogen-bond donors (Lipinski definition) is 1. The van der Waals surface area contributed by atoms with Gasteiger partial charge < -0.3 is 5.32 Å². The van der Waals surface area contributed by atoms with E-state index < -0.39 is 8.07 Å². The van der Waals surface area contributed by atoms with Crippen molar-refractivity contribution in [2.75, 3.05) is 6.54 Å². The van der Waals surface area contributed by atoms with Crippen LogP contribution in [-0.4, -0.2) is 20.5 Å². The van der Waals surface area contributed by atoms with Crippen molar-refractivity contribution >= 4 is 14.0 Å². The normalized spacial score (nSPS) is 11.6. The third kappa shape index (κ3) is 5.41. The first-order valence-electron chi connectivity index (χ1n) is 6.59. The van der Waals surface area contributed by atoms with E-state index in [1.165, 1.54) is 0 Å². The highest BCUT2D eigenvalue weighted by atomic mass is 28.3. The van der Waals surface area contributed by atoms with Gasteiger partial charge in [-0.1, -0.05) is 46.3 Å². The van der Waals surface area contributed by atoms with Crippen molar-refractivity contribution < 1.29 is 4.79 Å². The summed E-state index contributed by atoms with van der Waals surface area (Å²) >= 11 is 0. The van der Waals surface area contributed by atoms with Crippen molar-refractivity contribution in [3.8, 4) is 11.5 Å². The van der Waals surface area contributed by atoms with Crippen LogP contribution >= 0.6 is 0 Å². The molecule has 17 heavy (non-hydrogen) atoms. The Morgan fingerprint density at radius 2 is 1.59 bits per heavy atom. The van der Waals surface area contributed by atoms with Crippen molar-refractivity contribution in [2.45, 2.75) is 59.7 Å². The zero-order valence-electron chi connectivity index (χ0n) is 12.2. The number of nitrogens with one attached hydrogen (secondary N) is 1. The molecular formula is C14H27NOSi. The molecule has 0 aromatic heterocycles. The monoisotopic (exact) mass is 253 g/mol. The molecule has 0 fully saturated rings. The Balaban J connectivity index is 4.39. The second-order valence-corrected chi connectivity index (χ2v) is 10.3. The minimum atomic E-state index is -1.31. The largest absolute Gasteiger partial charge is 0.345 e. The van der Waals surface area contributed by atoms with Gasteiger partial charge in [0.2, 0.25) is 5.91 Å². The molecule has 0 aromatic rings. The maximum Gasteiger partial charge on any atom is 0.226 e. The van der Waals surface area contributed by atoms with Crippen LogP contribution in [0.3, 0.4) is 0 Å². The van der Waals surface area contributed by atoms with E-state index in [9.17, 15) is 4.79 Å². The smallest absolute Gasteiger partial charge is 0.226 e. The van der Waals surface area contributed by atoms with E-state index in [1.54, 1.807) is 0 Å². The van der Waals surface area contributed by atoms with Gasteiger partial charge in [0.15, 0.2) is 0 Å². The lowest BCUT2D eigenvalue weighted by Gasteiger charge is -2.28. The highest BCUT2D eigenvalue weighted by Gasteiger charge is 2.32. The molecule has 3 heteroatoms. The maximum atomic E-state index is 12.1. The quantitative estimate of drug-likeness (QED) is 0.591. The molecule has 0 unspecified atom stereocenters. The molecule has 0 bridgehead atoms. The zero-order chi connectivity index (χ0) is 13.5. The molecular weight excluding hydrogens is 226 g/mol. The number of carbonyl (C=O) groups excluding carboxylic acids is 1. The van der Waals surface area contributed by atoms with Gasteiger partial charge in [-0.05, 0) is 19.3 Å². The Bertz CT molecular complexity index is 294. The molecule has 0 aliphatic carbocycles. The summed E-state index contributed by atoms with van der Waals surface area (Å²) in [5.41, 5.74) is 3.06. The molecule has 1 N–H and O–H groups in total. The topological polar surface area (TPSA) is 29.1 Å². The fraction of sp³-hybridized carbons (Fsp3) is 0.786. The number of carbonyl (C=O) groups is 1. The summed E-state index contributed by atoms with van der Waals surface area (Å²) in [4.78, 5) is 12.1. The van der Waals surface area contributed by atoms with E-state index in [0.717, 1.165) is 19.3 Å². The Morgan fingerprint density at radius 3 is 1.94 bits per heavy atom. The summed E-state index contributed by atoms with van der Waals surface area (Å²) in [6.45, 7) is 13.4. The van der Waals surface area contributed by atoms with Crippen LogP contribution in [0, 0.1) is 16.9 Å². The van der Waals surface area contributed by atoms with Gasteiger partial charge >= 0.3 is 0 Å². The average molecular weight is 253 g/mol. The first kappa shape index (κ1) is 16.2. The second-order valence-electron chi connectivity index (χ2n) is 5.58. The van der Waals surface area contributed by atoms with Gasteiger partial charge in [-0.2, -0.15) is 0 Å². The van der Waals surface area contributed by atoms with Gasteiger partial charge in [0.25, 0.3) is 0 Å². The number of rotatable bonds is 5. The highest BCUT2D eigenvalue weighted by Crippen LogP contribution is 2.30. The molecule has 0 aliphatic heterocycles. The highest BCUT2D eigenvalue weighted by molar-refractivity contribution is 6.83. The summed E-state index contributed by atoms with van der Waals surface area (Å²) in [6.07, 6.45) is 2.69. The molecule has 0 saturated heterocycles. The van der Waals surface area contributed by atoms with Gasteiger partial charge in [-0.3, -0.25) is 4.79 Å². The van der Waals surface area contributed by atoms with Crippen LogP contribution in [-0.2, 0) is 4.79 Å². The standard InChI is InChI=1S/C14H27NOSi/c1-7-14(8-2,9-3)13(16)15-11-10-12-17(4,5)6/h7-9,11H2,1-6H3,(H,15,16). The molecule has 0 saturated carbocycles. The van der Waals surface area contributed by atoms with Crippen molar-refractivity contribution in [1.29, 1.82) is 0 Å². The van der Waals surface area contributed by atoms with Crippen LogP contribution in [0.25, 0.3) is 0 Å². The van der Waals surface area contributed by atoms with E-state index in [4.69, 9.17) is 0 Å². The molecule has 0 radical (unpaired) electrons. The van der Waals surface area contributed by atoms with Crippen LogP contribution in [0.4, 0.5) is 0 Å². The van der Waals surface area contributed by atoms with Gasteiger partial charge in [0.1, 0.15) is 8.07 Å². The summed E-state index contributed by atoms with van der Waals surface area (Å²) in [6, 6.07) is 0. The molecule has 0 aromatic carbocycles. The van der Waals surface area contributed by atoms with Crippen LogP contribution in [0.1, 0.15) is 40.0 Å². The molecule has 0 aliphatic rings. The summed E-state index contributed by atoms with van der Waals surface area (Å²) in [5, 5.41) is 2.96. The van der Waals surface area contributed by atoms with Crippen molar-refractivity contribution in [3.63, 3.8) is 0 Å². The minimum Gasteiger partial charge on any atom is -0.345 e. The van der Waals surface area contributed by atoms with E-state index >= 15 is 0 Å². The van der Waals surface area contributed by atoms with E-state index in [1.807, 2.05) is 0 Å². The Morgan fingerprint density at radius 1 is 1.12 bits per heavy atom. The predicted octanol–water partition coefficient (Wildman–Crippen LogP) is 3.20. The van der Waals surface area contributed by atoms with E-state index in [2.05, 4.69) is 57.2 Å². The van der Waals surface area contributed by atoms with Gasteiger partial charge in [-0.15, -0.1) is 5.54 Å². The third-order valence-electron chi connectivity index (χ3n) is 3.31. The molecule has 98 valence electrons. The Hall–Kier alpha value is -0.753. The fourth-order valence-electron chi connectivity index (χ4n) is 1.85. The summed E-state index contributed by atoms with van der Waals surface area (Å²) < 4.78 is 0. The van der Waals surface area contributed by atoms with Gasteiger partial charge in [0.05, 0.1) is 6.54 Å². The maximum absolute atomic E-state index is 12.1. The van der Waals surface area contributed by atoms with Crippen molar-refractivity contribution in [3.05, 3.63) is 0 Å². The van der Waals surface area contributed by atoms with Crippen LogP contribution in [0.5, 0.6) is 0 Å². The predicted molar refractivity (Wildman–Crippen MR) is 77.4 cm³/mol. The lowest BCUT2D eigenvalue weighted by Crippen LogP contribution is -2.40. The third-order valence-corrected chi connectivity index (χ3v) is 4.24. The van der Waals surface area contributed by atoms with E-state index in [0.29, 0.717) is 6.54 Å². The van der Waals surface area contributed by atoms with Crippen molar-refractivity contribution in [2.24, 2.45) is 5.41 Å². The summed E-state index contributed by atoms with van der Waals surface area (Å²) in [7, 11) is -1.31. The molecule has 0 atom stereocenters. The van der Waals surface area contributed by atoms with Crippen LogP contribution in [0.2, 0.25) is 19.6 Å². The lowest BCUT2D eigenvalue weighted by molar-refractivity contribution is -0.131. The zero-order valence-corrected chi connectivity index (χ0v) is 13.2. The van der Waals surface area contributed by atoms with Crippen molar-refractivity contribution in [1.82, 2.24) is 5.32 Å². The number of hydrogen-bond acceptors (Lipinski definition) is 1. The van der Waals surface area contributed by atoms with Gasteiger partial charge in [-0.25, -0.2) is 0 Å². The number of amides is 1. The van der Waals surface area contributed by atoms with E-state index in [-0.39, 0.29) is 11.3 Å². The molecule has 0 rings (SSSR count). The Kier molecular flexibility index (Phi) is 6.55. The minimum absolute atomic E-state index is 0.162. The first-order valence-corrected chi connectivity index (χ1v) is 10.1. The second kappa shape index (κ2) is 6.86. The summed E-state index contributed by atoms with van der Waals surface area (Å²) in [5.74, 6) is 3.24. The van der Waals surface area contributed by atoms with Gasteiger partial charge in [0, 0.05) is 5.41 Å². The SMILES string of the molecule is CCC(CC)(CC)C(=O)NCC#C[Si](C)(C)C. The average Bonchev–Trinajstić information content (AvgIpc) is 2.26. The van der Waals surface area contributed by atoms with Crippen LogP contribution in [0.15, 0.2) is 0 Å². The molecule has 0 heterocycles. The Labute approximate surface area is 108 Å². The molecule has 1 amide bonds.